The molecule has 4 rings (SSSR count). The van der Waals surface area contributed by atoms with Crippen molar-refractivity contribution in [3.8, 4) is 5.75 Å². The lowest BCUT2D eigenvalue weighted by Crippen LogP contribution is -2.56. The summed E-state index contributed by atoms with van der Waals surface area (Å²) in [5.74, 6) is -0.436. The zero-order chi connectivity index (χ0) is 27.1. The minimum atomic E-state index is -0.904. The molecule has 3 amide bonds. The van der Waals surface area contributed by atoms with E-state index in [0.717, 1.165) is 18.4 Å². The second-order valence-corrected chi connectivity index (χ2v) is 9.82. The number of halogens is 1. The van der Waals surface area contributed by atoms with E-state index in [1.807, 2.05) is 36.4 Å². The summed E-state index contributed by atoms with van der Waals surface area (Å²) in [5, 5.41) is 8.97. The zero-order valence-corrected chi connectivity index (χ0v) is 21.8. The minimum absolute atomic E-state index is 0.167. The summed E-state index contributed by atoms with van der Waals surface area (Å²) < 4.78 is 19.4. The Morgan fingerprint density at radius 3 is 2.50 bits per heavy atom. The highest BCUT2D eigenvalue weighted by atomic mass is 19.1. The van der Waals surface area contributed by atoms with Crippen LogP contribution in [0.1, 0.15) is 30.9 Å². The summed E-state index contributed by atoms with van der Waals surface area (Å²) in [6, 6.07) is 11.3. The van der Waals surface area contributed by atoms with Crippen LogP contribution in [-0.2, 0) is 20.8 Å². The van der Waals surface area contributed by atoms with E-state index in [0.29, 0.717) is 24.5 Å². The highest BCUT2D eigenvalue weighted by Crippen LogP contribution is 2.33. The van der Waals surface area contributed by atoms with Gasteiger partial charge >= 0.3 is 0 Å². The van der Waals surface area contributed by atoms with Gasteiger partial charge < -0.3 is 25.6 Å². The van der Waals surface area contributed by atoms with Gasteiger partial charge in [-0.05, 0) is 49.4 Å². The summed E-state index contributed by atoms with van der Waals surface area (Å²) in [5.41, 5.74) is 1.56. The summed E-state index contributed by atoms with van der Waals surface area (Å²) in [4.78, 5) is 41.1. The van der Waals surface area contributed by atoms with E-state index in [4.69, 9.17) is 4.74 Å². The van der Waals surface area contributed by atoms with Crippen LogP contribution in [0.4, 0.5) is 4.39 Å². The molecule has 1 aliphatic heterocycles. The molecule has 0 spiro atoms. The highest BCUT2D eigenvalue weighted by Gasteiger charge is 2.39. The third kappa shape index (κ3) is 7.19. The first kappa shape index (κ1) is 27.3. The Morgan fingerprint density at radius 1 is 1.03 bits per heavy atom. The quantitative estimate of drug-likeness (QED) is 0.575. The molecule has 0 bridgehead atoms. The summed E-state index contributed by atoms with van der Waals surface area (Å²) in [6.45, 7) is 2.74. The average Bonchev–Trinajstić information content (AvgIpc) is 3.76. The van der Waals surface area contributed by atoms with Gasteiger partial charge in [-0.15, -0.1) is 0 Å². The zero-order valence-electron chi connectivity index (χ0n) is 21.8. The van der Waals surface area contributed by atoms with Gasteiger partial charge in [-0.1, -0.05) is 42.5 Å². The Kier molecular flexibility index (Phi) is 9.12. The molecule has 0 unspecified atom stereocenters. The van der Waals surface area contributed by atoms with Gasteiger partial charge in [0.2, 0.25) is 17.7 Å². The van der Waals surface area contributed by atoms with Crippen LogP contribution in [0.2, 0.25) is 0 Å². The fraction of sp³-hybridized carbons (Fsp3) is 0.414. The maximum Gasteiger partial charge on any atom is 0.243 e. The van der Waals surface area contributed by atoms with Gasteiger partial charge in [0.05, 0.1) is 6.04 Å². The third-order valence-electron chi connectivity index (χ3n) is 6.99. The largest absolute Gasteiger partial charge is 0.492 e. The maximum absolute atomic E-state index is 13.4. The Morgan fingerprint density at radius 2 is 1.76 bits per heavy atom. The van der Waals surface area contributed by atoms with E-state index >= 15 is 0 Å². The number of rotatable bonds is 3. The second-order valence-electron chi connectivity index (χ2n) is 9.82. The van der Waals surface area contributed by atoms with Crippen LogP contribution in [-0.4, -0.2) is 67.5 Å². The van der Waals surface area contributed by atoms with Crippen molar-refractivity contribution in [1.29, 1.82) is 0 Å². The fourth-order valence-electron chi connectivity index (χ4n) is 4.42. The number of amides is 3. The average molecular weight is 523 g/mol. The molecule has 3 N–H and O–H groups in total. The number of hydrogen-bond acceptors (Lipinski definition) is 5. The van der Waals surface area contributed by atoms with Gasteiger partial charge in [-0.3, -0.25) is 14.4 Å². The molecule has 38 heavy (non-hydrogen) atoms. The Bertz CT molecular complexity index is 1170. The lowest BCUT2D eigenvalue weighted by Gasteiger charge is -2.30. The smallest absolute Gasteiger partial charge is 0.243 e. The second kappa shape index (κ2) is 12.7. The number of ether oxygens (including phenoxy) is 1. The Balaban J connectivity index is 1.57. The van der Waals surface area contributed by atoms with Gasteiger partial charge in [-0.2, -0.15) is 0 Å². The third-order valence-corrected chi connectivity index (χ3v) is 6.99. The molecule has 1 saturated carbocycles. The first-order valence-electron chi connectivity index (χ1n) is 13.0. The van der Waals surface area contributed by atoms with Crippen LogP contribution >= 0.6 is 0 Å². The number of carbonyl (C=O) groups is 3. The molecule has 2 aromatic carbocycles. The van der Waals surface area contributed by atoms with Crippen LogP contribution in [0, 0.1) is 11.7 Å². The SMILES string of the molecule is C[C@@H]1C(=O)N[C@H](Cc2ccc(F)cc2)C(=O)NC/C=C\c2ccccc2OCCN[C@@H](C2CC2)C(=O)N1C. The summed E-state index contributed by atoms with van der Waals surface area (Å²) in [7, 11) is 1.61. The van der Waals surface area contributed by atoms with Crippen molar-refractivity contribution in [2.75, 3.05) is 26.7 Å². The van der Waals surface area contributed by atoms with E-state index < -0.39 is 24.0 Å². The normalized spacial score (nSPS) is 24.8. The Labute approximate surface area is 222 Å². The predicted molar refractivity (Wildman–Crippen MR) is 143 cm³/mol. The van der Waals surface area contributed by atoms with Crippen molar-refractivity contribution in [2.45, 2.75) is 44.3 Å². The van der Waals surface area contributed by atoms with Crippen molar-refractivity contribution in [1.82, 2.24) is 20.9 Å². The highest BCUT2D eigenvalue weighted by molar-refractivity contribution is 5.93. The van der Waals surface area contributed by atoms with Gasteiger partial charge in [-0.25, -0.2) is 4.39 Å². The number of para-hydroxylation sites is 1. The van der Waals surface area contributed by atoms with E-state index in [9.17, 15) is 18.8 Å². The standard InChI is InChI=1S/C29H35FN4O4/c1-19-27(35)33-24(18-20-9-13-23(30)14-10-20)28(36)32-15-5-7-21-6-3-4-8-25(21)38-17-16-31-26(22-11-12-22)29(37)34(19)2/h3-10,13-14,19,22,24,26,31H,11-12,15-18H2,1-2H3,(H,32,36)(H,33,35)/b7-5-/t19-,24-,26+/m1/s1. The molecular formula is C29H35FN4O4. The van der Waals surface area contributed by atoms with Crippen molar-refractivity contribution in [2.24, 2.45) is 5.92 Å². The molecule has 9 heteroatoms. The molecule has 202 valence electrons. The van der Waals surface area contributed by atoms with E-state index in [1.165, 1.54) is 17.0 Å². The number of nitrogens with zero attached hydrogens (tertiary/aromatic N) is 1. The first-order chi connectivity index (χ1) is 18.3. The minimum Gasteiger partial charge on any atom is -0.492 e. The van der Waals surface area contributed by atoms with Crippen LogP contribution in [0.3, 0.4) is 0 Å². The summed E-state index contributed by atoms with van der Waals surface area (Å²) in [6.07, 6.45) is 5.76. The molecule has 3 atom stereocenters. The monoisotopic (exact) mass is 522 g/mol. The number of benzene rings is 2. The van der Waals surface area contributed by atoms with Crippen molar-refractivity contribution >= 4 is 23.8 Å². The van der Waals surface area contributed by atoms with Crippen molar-refractivity contribution in [3.05, 3.63) is 71.6 Å². The topological polar surface area (TPSA) is 99.8 Å². The number of hydrogen-bond donors (Lipinski definition) is 3. The van der Waals surface area contributed by atoms with E-state index in [1.54, 1.807) is 26.1 Å². The van der Waals surface area contributed by atoms with Gasteiger partial charge in [0.1, 0.15) is 30.3 Å². The van der Waals surface area contributed by atoms with Crippen LogP contribution in [0.5, 0.6) is 5.75 Å². The van der Waals surface area contributed by atoms with Gasteiger partial charge in [0.25, 0.3) is 0 Å². The molecule has 1 fully saturated rings. The van der Waals surface area contributed by atoms with Crippen molar-refractivity contribution < 1.29 is 23.5 Å². The lowest BCUT2D eigenvalue weighted by atomic mass is 10.0. The molecule has 2 aliphatic rings. The predicted octanol–water partition coefficient (Wildman–Crippen LogP) is 2.29. The maximum atomic E-state index is 13.4. The molecule has 0 aromatic heterocycles. The molecule has 0 saturated heterocycles. The van der Waals surface area contributed by atoms with Gasteiger partial charge in [0, 0.05) is 32.1 Å². The van der Waals surface area contributed by atoms with Crippen molar-refractivity contribution in [3.63, 3.8) is 0 Å². The number of likely N-dealkylation sites (N-methyl/N-ethyl adjacent to an activating group) is 1. The molecule has 1 aliphatic carbocycles. The van der Waals surface area contributed by atoms with Crippen LogP contribution in [0.15, 0.2) is 54.6 Å². The van der Waals surface area contributed by atoms with Crippen LogP contribution in [0.25, 0.3) is 6.08 Å². The summed E-state index contributed by atoms with van der Waals surface area (Å²) >= 11 is 0. The molecule has 8 nitrogen and oxygen atoms in total. The van der Waals surface area contributed by atoms with E-state index in [-0.39, 0.29) is 36.5 Å². The Hall–Kier alpha value is -3.72. The lowest BCUT2D eigenvalue weighted by molar-refractivity contribution is -0.141. The molecule has 2 aromatic rings. The van der Waals surface area contributed by atoms with Crippen LogP contribution < -0.4 is 20.7 Å². The number of fused-ring (bicyclic) bond motifs is 1. The number of nitrogens with one attached hydrogen (secondary N) is 3. The molecule has 1 heterocycles. The first-order valence-corrected chi connectivity index (χ1v) is 13.0. The molecule has 0 radical (unpaired) electrons. The number of carbonyl (C=O) groups excluding carboxylic acids is 3. The van der Waals surface area contributed by atoms with E-state index in [2.05, 4.69) is 16.0 Å². The van der Waals surface area contributed by atoms with Gasteiger partial charge in [0.15, 0.2) is 0 Å². The molecular weight excluding hydrogens is 487 g/mol. The fourth-order valence-corrected chi connectivity index (χ4v) is 4.42.